The van der Waals surface area contributed by atoms with Crippen LogP contribution in [0.3, 0.4) is 0 Å². The molecule has 1 amide bonds. The second kappa shape index (κ2) is 5.32. The Hall–Kier alpha value is -1.06. The van der Waals surface area contributed by atoms with E-state index in [0.29, 0.717) is 17.1 Å². The Morgan fingerprint density at radius 3 is 2.69 bits per heavy atom. The maximum atomic E-state index is 12.0. The Morgan fingerprint density at radius 2 is 2.19 bits per heavy atom. The largest absolute Gasteiger partial charge is 0.392 e. The number of likely N-dealkylation sites (N-methyl/N-ethyl adjacent to an activating group) is 1. The summed E-state index contributed by atoms with van der Waals surface area (Å²) in [6.07, 6.45) is -0.526. The molecule has 0 fully saturated rings. The van der Waals surface area contributed by atoms with Gasteiger partial charge in [-0.15, -0.1) is 0 Å². The summed E-state index contributed by atoms with van der Waals surface area (Å²) in [5.41, 5.74) is 1.46. The van der Waals surface area contributed by atoms with Crippen LogP contribution in [0.15, 0.2) is 18.2 Å². The first-order valence-electron chi connectivity index (χ1n) is 5.11. The number of aliphatic hydroxyl groups excluding tert-OH is 1. The fourth-order valence-electron chi connectivity index (χ4n) is 1.55. The van der Waals surface area contributed by atoms with Gasteiger partial charge in [-0.2, -0.15) is 0 Å². The first kappa shape index (κ1) is 13.0. The molecule has 0 aliphatic rings. The van der Waals surface area contributed by atoms with Crippen LogP contribution in [0, 0.1) is 6.92 Å². The maximum Gasteiger partial charge on any atom is 0.253 e. The lowest BCUT2D eigenvalue weighted by Gasteiger charge is -2.19. The highest BCUT2D eigenvalue weighted by molar-refractivity contribution is 6.30. The van der Waals surface area contributed by atoms with E-state index in [1.807, 2.05) is 6.92 Å². The van der Waals surface area contributed by atoms with Crippen molar-refractivity contribution in [3.63, 3.8) is 0 Å². The van der Waals surface area contributed by atoms with E-state index in [1.54, 1.807) is 32.2 Å². The Labute approximate surface area is 101 Å². The molecule has 1 aromatic carbocycles. The molecule has 0 heterocycles. The molecular weight excluding hydrogens is 226 g/mol. The summed E-state index contributed by atoms with van der Waals surface area (Å²) in [6, 6.07) is 5.15. The number of nitrogens with zero attached hydrogens (tertiary/aromatic N) is 1. The van der Waals surface area contributed by atoms with Crippen LogP contribution < -0.4 is 0 Å². The van der Waals surface area contributed by atoms with Crippen LogP contribution in [0.1, 0.15) is 22.8 Å². The average molecular weight is 242 g/mol. The molecule has 1 N–H and O–H groups in total. The molecule has 1 aromatic rings. The molecule has 0 aliphatic heterocycles. The molecule has 3 nitrogen and oxygen atoms in total. The van der Waals surface area contributed by atoms with E-state index in [4.69, 9.17) is 11.6 Å². The lowest BCUT2D eigenvalue weighted by Crippen LogP contribution is -2.33. The van der Waals surface area contributed by atoms with Crippen LogP contribution in [0.5, 0.6) is 0 Å². The Morgan fingerprint density at radius 1 is 1.56 bits per heavy atom. The number of amides is 1. The predicted octanol–water partition coefficient (Wildman–Crippen LogP) is 2.10. The van der Waals surface area contributed by atoms with Gasteiger partial charge in [-0.25, -0.2) is 0 Å². The maximum absolute atomic E-state index is 12.0. The third kappa shape index (κ3) is 3.22. The summed E-state index contributed by atoms with van der Waals surface area (Å²) in [7, 11) is 1.67. The first-order valence-corrected chi connectivity index (χ1v) is 5.49. The zero-order valence-electron chi connectivity index (χ0n) is 9.70. The monoisotopic (exact) mass is 241 g/mol. The smallest absolute Gasteiger partial charge is 0.253 e. The van der Waals surface area contributed by atoms with E-state index in [2.05, 4.69) is 0 Å². The van der Waals surface area contributed by atoms with Crippen molar-refractivity contribution in [1.29, 1.82) is 0 Å². The van der Waals surface area contributed by atoms with Crippen molar-refractivity contribution in [1.82, 2.24) is 4.90 Å². The third-order valence-corrected chi connectivity index (χ3v) is 2.54. The highest BCUT2D eigenvalue weighted by Gasteiger charge is 2.15. The summed E-state index contributed by atoms with van der Waals surface area (Å²) in [5, 5.41) is 9.83. The zero-order chi connectivity index (χ0) is 12.3. The van der Waals surface area contributed by atoms with Gasteiger partial charge < -0.3 is 10.0 Å². The van der Waals surface area contributed by atoms with Gasteiger partial charge in [0.25, 0.3) is 5.91 Å². The van der Waals surface area contributed by atoms with Crippen LogP contribution >= 0.6 is 11.6 Å². The van der Waals surface area contributed by atoms with Crippen molar-refractivity contribution in [2.45, 2.75) is 20.0 Å². The molecule has 0 aromatic heterocycles. The highest BCUT2D eigenvalue weighted by Crippen LogP contribution is 2.16. The molecule has 0 saturated heterocycles. The zero-order valence-corrected chi connectivity index (χ0v) is 10.5. The quantitative estimate of drug-likeness (QED) is 0.881. The molecule has 0 radical (unpaired) electrons. The first-order chi connectivity index (χ1) is 7.41. The topological polar surface area (TPSA) is 40.5 Å². The predicted molar refractivity (Wildman–Crippen MR) is 64.8 cm³/mol. The molecule has 1 rings (SSSR count). The summed E-state index contributed by atoms with van der Waals surface area (Å²) in [5.74, 6) is -0.102. The van der Waals surface area contributed by atoms with Gasteiger partial charge >= 0.3 is 0 Å². The van der Waals surface area contributed by atoms with Crippen LogP contribution in [-0.2, 0) is 0 Å². The fraction of sp³-hybridized carbons (Fsp3) is 0.417. The summed E-state index contributed by atoms with van der Waals surface area (Å²) in [4.78, 5) is 13.5. The SMILES string of the molecule is Cc1cc(Cl)ccc1C(=O)N(C)CC(C)O. The normalized spacial score (nSPS) is 12.3. The van der Waals surface area contributed by atoms with E-state index in [0.717, 1.165) is 5.56 Å². The highest BCUT2D eigenvalue weighted by atomic mass is 35.5. The number of carbonyl (C=O) groups excluding carboxylic acids is 1. The molecular formula is C12H16ClNO2. The van der Waals surface area contributed by atoms with Crippen molar-refractivity contribution in [2.75, 3.05) is 13.6 Å². The van der Waals surface area contributed by atoms with Gasteiger partial charge in [-0.1, -0.05) is 11.6 Å². The van der Waals surface area contributed by atoms with Gasteiger partial charge in [0.2, 0.25) is 0 Å². The van der Waals surface area contributed by atoms with Gasteiger partial charge in [0.15, 0.2) is 0 Å². The second-order valence-electron chi connectivity index (χ2n) is 3.99. The molecule has 88 valence electrons. The molecule has 1 unspecified atom stereocenters. The lowest BCUT2D eigenvalue weighted by molar-refractivity contribution is 0.0703. The van der Waals surface area contributed by atoms with Gasteiger partial charge in [-0.3, -0.25) is 4.79 Å². The van der Waals surface area contributed by atoms with E-state index < -0.39 is 6.10 Å². The number of carbonyl (C=O) groups is 1. The summed E-state index contributed by atoms with van der Waals surface area (Å²) < 4.78 is 0. The minimum Gasteiger partial charge on any atom is -0.392 e. The van der Waals surface area contributed by atoms with E-state index >= 15 is 0 Å². The second-order valence-corrected chi connectivity index (χ2v) is 4.43. The van der Waals surface area contributed by atoms with Crippen LogP contribution in [0.2, 0.25) is 5.02 Å². The third-order valence-electron chi connectivity index (χ3n) is 2.30. The number of hydrogen-bond donors (Lipinski definition) is 1. The molecule has 0 aliphatic carbocycles. The minimum absolute atomic E-state index is 0.102. The van der Waals surface area contributed by atoms with E-state index in [1.165, 1.54) is 4.90 Å². The Balaban J connectivity index is 2.88. The Bertz CT molecular complexity index is 391. The molecule has 1 atom stereocenters. The fourth-order valence-corrected chi connectivity index (χ4v) is 1.78. The van der Waals surface area contributed by atoms with Crippen molar-refractivity contribution < 1.29 is 9.90 Å². The van der Waals surface area contributed by atoms with Gasteiger partial charge in [0.1, 0.15) is 0 Å². The van der Waals surface area contributed by atoms with Crippen molar-refractivity contribution in [3.8, 4) is 0 Å². The summed E-state index contributed by atoms with van der Waals surface area (Å²) >= 11 is 5.82. The van der Waals surface area contributed by atoms with Crippen LogP contribution in [0.4, 0.5) is 0 Å². The summed E-state index contributed by atoms with van der Waals surface area (Å²) in [6.45, 7) is 3.81. The minimum atomic E-state index is -0.526. The number of aliphatic hydroxyl groups is 1. The molecule has 4 heteroatoms. The van der Waals surface area contributed by atoms with Gasteiger partial charge in [0.05, 0.1) is 6.10 Å². The molecule has 0 bridgehead atoms. The van der Waals surface area contributed by atoms with Crippen molar-refractivity contribution >= 4 is 17.5 Å². The number of aryl methyl sites for hydroxylation is 1. The van der Waals surface area contributed by atoms with Crippen molar-refractivity contribution in [3.05, 3.63) is 34.3 Å². The van der Waals surface area contributed by atoms with Gasteiger partial charge in [-0.05, 0) is 37.6 Å². The Kier molecular flexibility index (Phi) is 4.33. The number of rotatable bonds is 3. The molecule has 0 spiro atoms. The van der Waals surface area contributed by atoms with Crippen molar-refractivity contribution in [2.24, 2.45) is 0 Å². The lowest BCUT2D eigenvalue weighted by atomic mass is 10.1. The number of halogens is 1. The average Bonchev–Trinajstić information content (AvgIpc) is 2.15. The van der Waals surface area contributed by atoms with Gasteiger partial charge in [0, 0.05) is 24.2 Å². The number of hydrogen-bond acceptors (Lipinski definition) is 2. The van der Waals surface area contributed by atoms with Crippen LogP contribution in [0.25, 0.3) is 0 Å². The van der Waals surface area contributed by atoms with E-state index in [9.17, 15) is 9.90 Å². The molecule has 16 heavy (non-hydrogen) atoms. The molecule has 0 saturated carbocycles. The van der Waals surface area contributed by atoms with E-state index in [-0.39, 0.29) is 5.91 Å². The van der Waals surface area contributed by atoms with Crippen LogP contribution in [-0.4, -0.2) is 35.6 Å². The number of benzene rings is 1. The standard InChI is InChI=1S/C12H16ClNO2/c1-8-6-10(13)4-5-11(8)12(16)14(3)7-9(2)15/h4-6,9,15H,7H2,1-3H3.